The molecule has 0 aliphatic heterocycles. The lowest BCUT2D eigenvalue weighted by Gasteiger charge is -2.08. The smallest absolute Gasteiger partial charge is 0.257 e. The molecule has 1 aromatic heterocycles. The molecule has 2 nitrogen and oxygen atoms in total. The Morgan fingerprint density at radius 2 is 1.80 bits per heavy atom. The third kappa shape index (κ3) is 3.01. The Hall–Kier alpha value is -0.930. The van der Waals surface area contributed by atoms with Gasteiger partial charge in [-0.3, -0.25) is 4.68 Å². The number of hydrogen-bond donors (Lipinski definition) is 0. The molecule has 0 unspecified atom stereocenters. The molecular formula is C11H18F2N2. The SMILES string of the molecule is CC(C)c1cc(C(C)C)n(CC(F)F)n1. The Morgan fingerprint density at radius 3 is 2.20 bits per heavy atom. The Balaban J connectivity index is 3.00. The van der Waals surface area contributed by atoms with Crippen molar-refractivity contribution in [3.63, 3.8) is 0 Å². The zero-order valence-corrected chi connectivity index (χ0v) is 9.67. The molecule has 1 rings (SSSR count). The van der Waals surface area contributed by atoms with Gasteiger partial charge >= 0.3 is 0 Å². The molecule has 0 radical (unpaired) electrons. The van der Waals surface area contributed by atoms with E-state index < -0.39 is 6.43 Å². The van der Waals surface area contributed by atoms with Crippen LogP contribution in [-0.4, -0.2) is 16.2 Å². The molecule has 0 saturated heterocycles. The largest absolute Gasteiger partial charge is 0.263 e. The maximum Gasteiger partial charge on any atom is 0.257 e. The predicted molar refractivity (Wildman–Crippen MR) is 56.4 cm³/mol. The molecule has 86 valence electrons. The van der Waals surface area contributed by atoms with Crippen LogP contribution in [0.3, 0.4) is 0 Å². The van der Waals surface area contributed by atoms with E-state index in [1.807, 2.05) is 33.8 Å². The monoisotopic (exact) mass is 216 g/mol. The summed E-state index contributed by atoms with van der Waals surface area (Å²) in [6.07, 6.45) is -2.34. The number of alkyl halides is 2. The van der Waals surface area contributed by atoms with Crippen molar-refractivity contribution in [2.24, 2.45) is 0 Å². The third-order valence-electron chi connectivity index (χ3n) is 2.32. The van der Waals surface area contributed by atoms with Crippen LogP contribution in [0.15, 0.2) is 6.07 Å². The van der Waals surface area contributed by atoms with Gasteiger partial charge in [0.05, 0.1) is 5.69 Å². The standard InChI is InChI=1S/C11H18F2N2/c1-7(2)9-5-10(8(3)4)15(14-9)6-11(12)13/h5,7-8,11H,6H2,1-4H3. The summed E-state index contributed by atoms with van der Waals surface area (Å²) in [6, 6.07) is 1.93. The van der Waals surface area contributed by atoms with E-state index in [1.54, 1.807) is 0 Å². The molecule has 0 N–H and O–H groups in total. The van der Waals surface area contributed by atoms with Crippen molar-refractivity contribution in [2.45, 2.75) is 52.5 Å². The molecular weight excluding hydrogens is 198 g/mol. The highest BCUT2D eigenvalue weighted by Gasteiger charge is 2.15. The van der Waals surface area contributed by atoms with Gasteiger partial charge in [0.1, 0.15) is 6.54 Å². The molecule has 0 aromatic carbocycles. The Morgan fingerprint density at radius 1 is 1.20 bits per heavy atom. The van der Waals surface area contributed by atoms with E-state index >= 15 is 0 Å². The molecule has 15 heavy (non-hydrogen) atoms. The zero-order chi connectivity index (χ0) is 11.6. The van der Waals surface area contributed by atoms with Crippen LogP contribution in [0.4, 0.5) is 8.78 Å². The fourth-order valence-corrected chi connectivity index (χ4v) is 1.48. The molecule has 0 aliphatic carbocycles. The number of rotatable bonds is 4. The molecule has 0 aliphatic rings. The minimum absolute atomic E-state index is 0.226. The van der Waals surface area contributed by atoms with Crippen molar-refractivity contribution in [3.05, 3.63) is 17.5 Å². The van der Waals surface area contributed by atoms with Crippen LogP contribution in [0, 0.1) is 0 Å². The van der Waals surface area contributed by atoms with E-state index in [-0.39, 0.29) is 18.4 Å². The van der Waals surface area contributed by atoms with Crippen LogP contribution in [0.2, 0.25) is 0 Å². The summed E-state index contributed by atoms with van der Waals surface area (Å²) in [5, 5.41) is 4.21. The summed E-state index contributed by atoms with van der Waals surface area (Å²) in [6.45, 7) is 7.70. The van der Waals surface area contributed by atoms with Gasteiger partial charge in [-0.05, 0) is 17.9 Å². The van der Waals surface area contributed by atoms with Crippen LogP contribution in [0.5, 0.6) is 0 Å². The molecule has 0 bridgehead atoms. The lowest BCUT2D eigenvalue weighted by atomic mass is 10.1. The maximum atomic E-state index is 12.3. The number of nitrogens with zero attached hydrogens (tertiary/aromatic N) is 2. The van der Waals surface area contributed by atoms with Crippen LogP contribution in [-0.2, 0) is 6.54 Å². The first kappa shape index (κ1) is 12.1. The van der Waals surface area contributed by atoms with Crippen molar-refractivity contribution in [1.82, 2.24) is 9.78 Å². The zero-order valence-electron chi connectivity index (χ0n) is 9.67. The molecule has 0 spiro atoms. The summed E-state index contributed by atoms with van der Waals surface area (Å²) in [7, 11) is 0. The van der Waals surface area contributed by atoms with Gasteiger partial charge in [0, 0.05) is 5.69 Å². The van der Waals surface area contributed by atoms with Crippen molar-refractivity contribution >= 4 is 0 Å². The summed E-state index contributed by atoms with van der Waals surface area (Å²) >= 11 is 0. The van der Waals surface area contributed by atoms with Crippen LogP contribution in [0.25, 0.3) is 0 Å². The molecule has 1 aromatic rings. The first-order valence-electron chi connectivity index (χ1n) is 5.27. The number of halogens is 2. The number of aromatic nitrogens is 2. The summed E-state index contributed by atoms with van der Waals surface area (Å²) < 4.78 is 26.1. The van der Waals surface area contributed by atoms with Crippen molar-refractivity contribution in [3.8, 4) is 0 Å². The topological polar surface area (TPSA) is 17.8 Å². The second kappa shape index (κ2) is 4.73. The van der Waals surface area contributed by atoms with Gasteiger partial charge in [0.25, 0.3) is 6.43 Å². The van der Waals surface area contributed by atoms with Gasteiger partial charge in [0.2, 0.25) is 0 Å². The van der Waals surface area contributed by atoms with Crippen LogP contribution >= 0.6 is 0 Å². The Kier molecular flexibility index (Phi) is 3.83. The minimum Gasteiger partial charge on any atom is -0.263 e. The molecule has 0 atom stereocenters. The second-order valence-corrected chi connectivity index (χ2v) is 4.38. The van der Waals surface area contributed by atoms with Crippen molar-refractivity contribution in [2.75, 3.05) is 0 Å². The predicted octanol–water partition coefficient (Wildman–Crippen LogP) is 3.40. The van der Waals surface area contributed by atoms with E-state index in [2.05, 4.69) is 5.10 Å². The van der Waals surface area contributed by atoms with Gasteiger partial charge < -0.3 is 0 Å². The highest BCUT2D eigenvalue weighted by molar-refractivity contribution is 5.16. The van der Waals surface area contributed by atoms with Crippen molar-refractivity contribution in [1.29, 1.82) is 0 Å². The first-order valence-corrected chi connectivity index (χ1v) is 5.27. The normalized spacial score (nSPS) is 12.1. The van der Waals surface area contributed by atoms with Crippen LogP contribution in [0.1, 0.15) is 50.9 Å². The quantitative estimate of drug-likeness (QED) is 0.754. The molecule has 4 heteroatoms. The van der Waals surface area contributed by atoms with E-state index in [1.165, 1.54) is 4.68 Å². The average Bonchev–Trinajstić information content (AvgIpc) is 2.46. The summed E-state index contributed by atoms with van der Waals surface area (Å²) in [5.74, 6) is 0.505. The average molecular weight is 216 g/mol. The van der Waals surface area contributed by atoms with Gasteiger partial charge in [-0.15, -0.1) is 0 Å². The summed E-state index contributed by atoms with van der Waals surface area (Å²) in [5.41, 5.74) is 1.78. The minimum atomic E-state index is -2.34. The van der Waals surface area contributed by atoms with Gasteiger partial charge in [-0.1, -0.05) is 27.7 Å². The lowest BCUT2D eigenvalue weighted by molar-refractivity contribution is 0.120. The fraction of sp³-hybridized carbons (Fsp3) is 0.727. The summed E-state index contributed by atoms with van der Waals surface area (Å²) in [4.78, 5) is 0. The van der Waals surface area contributed by atoms with E-state index in [0.717, 1.165) is 11.4 Å². The lowest BCUT2D eigenvalue weighted by Crippen LogP contribution is -2.12. The van der Waals surface area contributed by atoms with Gasteiger partial charge in [0.15, 0.2) is 0 Å². The Labute approximate surface area is 89.3 Å². The maximum absolute atomic E-state index is 12.3. The molecule has 0 saturated carbocycles. The number of hydrogen-bond acceptors (Lipinski definition) is 1. The van der Waals surface area contributed by atoms with E-state index in [4.69, 9.17) is 0 Å². The second-order valence-electron chi connectivity index (χ2n) is 4.38. The molecule has 0 fully saturated rings. The highest BCUT2D eigenvalue weighted by Crippen LogP contribution is 2.21. The Bertz CT molecular complexity index is 316. The van der Waals surface area contributed by atoms with E-state index in [0.29, 0.717) is 0 Å². The third-order valence-corrected chi connectivity index (χ3v) is 2.32. The van der Waals surface area contributed by atoms with Gasteiger partial charge in [-0.25, -0.2) is 8.78 Å². The van der Waals surface area contributed by atoms with Crippen LogP contribution < -0.4 is 0 Å². The van der Waals surface area contributed by atoms with Crippen molar-refractivity contribution < 1.29 is 8.78 Å². The van der Waals surface area contributed by atoms with E-state index in [9.17, 15) is 8.78 Å². The van der Waals surface area contributed by atoms with Gasteiger partial charge in [-0.2, -0.15) is 5.10 Å². The first-order chi connectivity index (χ1) is 6.91. The molecule has 1 heterocycles. The fourth-order valence-electron chi connectivity index (χ4n) is 1.48. The highest BCUT2D eigenvalue weighted by atomic mass is 19.3. The molecule has 0 amide bonds.